The molecule has 0 bridgehead atoms. The molecule has 2 N–H and O–H groups in total. The van der Waals surface area contributed by atoms with Crippen LogP contribution in [-0.2, 0) is 0 Å². The first-order valence-electron chi connectivity index (χ1n) is 8.47. The fourth-order valence-corrected chi connectivity index (χ4v) is 3.11. The van der Waals surface area contributed by atoms with Gasteiger partial charge in [0.1, 0.15) is 0 Å². The zero-order valence-corrected chi connectivity index (χ0v) is 19.0. The Hall–Kier alpha value is -0.500. The molecule has 2 unspecified atom stereocenters. The van der Waals surface area contributed by atoms with Gasteiger partial charge >= 0.3 is 0 Å². The highest BCUT2D eigenvalue weighted by atomic mass is 127. The van der Waals surface area contributed by atoms with Gasteiger partial charge in [0.25, 0.3) is 0 Å². The Morgan fingerprint density at radius 1 is 1.38 bits per heavy atom. The molecule has 1 aromatic rings. The molecule has 1 aliphatic rings. The fourth-order valence-electron chi connectivity index (χ4n) is 2.72. The molecule has 24 heavy (non-hydrogen) atoms. The first-order valence-corrected chi connectivity index (χ1v) is 9.26. The van der Waals surface area contributed by atoms with Crippen LogP contribution < -0.4 is 15.5 Å². The van der Waals surface area contributed by atoms with Crippen LogP contribution in [0.5, 0.6) is 0 Å². The van der Waals surface area contributed by atoms with E-state index in [0.717, 1.165) is 30.1 Å². The molecule has 1 aliphatic heterocycles. The monoisotopic (exact) mass is 508 g/mol. The molecular weight excluding hydrogens is 479 g/mol. The number of aliphatic imine (C=N–C) groups is 1. The normalized spacial score (nSPS) is 19.2. The zero-order chi connectivity index (χ0) is 16.8. The van der Waals surface area contributed by atoms with E-state index in [9.17, 15) is 0 Å². The first kappa shape index (κ1) is 21.5. The van der Waals surface area contributed by atoms with Gasteiger partial charge in [-0.1, -0.05) is 35.8 Å². The Balaban J connectivity index is 0.00000288. The summed E-state index contributed by atoms with van der Waals surface area (Å²) in [6, 6.07) is 8.98. The number of anilines is 1. The van der Waals surface area contributed by atoms with Crippen molar-refractivity contribution in [3.63, 3.8) is 0 Å². The Kier molecular flexibility index (Phi) is 9.41. The molecule has 6 heteroatoms. The van der Waals surface area contributed by atoms with Gasteiger partial charge in [-0.25, -0.2) is 0 Å². The van der Waals surface area contributed by atoms with Gasteiger partial charge in [-0.15, -0.1) is 24.0 Å². The zero-order valence-electron chi connectivity index (χ0n) is 15.1. The van der Waals surface area contributed by atoms with Crippen LogP contribution in [0.4, 0.5) is 5.69 Å². The number of halogens is 2. The van der Waals surface area contributed by atoms with Crippen LogP contribution in [0.2, 0.25) is 0 Å². The minimum absolute atomic E-state index is 0. The van der Waals surface area contributed by atoms with E-state index < -0.39 is 0 Å². The second-order valence-corrected chi connectivity index (χ2v) is 7.63. The van der Waals surface area contributed by atoms with Crippen molar-refractivity contribution in [1.82, 2.24) is 10.6 Å². The summed E-state index contributed by atoms with van der Waals surface area (Å²) in [4.78, 5) is 6.80. The molecule has 1 saturated heterocycles. The number of nitrogens with zero attached hydrogens (tertiary/aromatic N) is 2. The maximum Gasteiger partial charge on any atom is 0.191 e. The van der Waals surface area contributed by atoms with E-state index in [1.54, 1.807) is 0 Å². The van der Waals surface area contributed by atoms with Crippen molar-refractivity contribution in [1.29, 1.82) is 0 Å². The summed E-state index contributed by atoms with van der Waals surface area (Å²) in [7, 11) is 1.84. The largest absolute Gasteiger partial charge is 0.371 e. The van der Waals surface area contributed by atoms with Crippen LogP contribution in [0.1, 0.15) is 27.2 Å². The van der Waals surface area contributed by atoms with Gasteiger partial charge in [-0.2, -0.15) is 0 Å². The van der Waals surface area contributed by atoms with Gasteiger partial charge in [-0.05, 0) is 43.4 Å². The lowest BCUT2D eigenvalue weighted by molar-refractivity contribution is 0.476. The maximum atomic E-state index is 4.33. The van der Waals surface area contributed by atoms with E-state index in [4.69, 9.17) is 0 Å². The van der Waals surface area contributed by atoms with Crippen LogP contribution in [0, 0.1) is 11.8 Å². The van der Waals surface area contributed by atoms with Crippen LogP contribution in [0.25, 0.3) is 0 Å². The van der Waals surface area contributed by atoms with Crippen molar-refractivity contribution in [2.75, 3.05) is 31.6 Å². The summed E-state index contributed by atoms with van der Waals surface area (Å²) in [6.07, 6.45) is 1.22. The van der Waals surface area contributed by atoms with Gasteiger partial charge in [0, 0.05) is 42.9 Å². The molecule has 0 radical (unpaired) electrons. The summed E-state index contributed by atoms with van der Waals surface area (Å²) in [5, 5.41) is 6.94. The van der Waals surface area contributed by atoms with Gasteiger partial charge in [0.05, 0.1) is 0 Å². The van der Waals surface area contributed by atoms with Crippen molar-refractivity contribution in [2.24, 2.45) is 16.8 Å². The highest BCUT2D eigenvalue weighted by Gasteiger charge is 2.23. The van der Waals surface area contributed by atoms with Crippen LogP contribution in [0.15, 0.2) is 33.7 Å². The van der Waals surface area contributed by atoms with Crippen molar-refractivity contribution in [3.05, 3.63) is 28.7 Å². The molecule has 0 aromatic heterocycles. The van der Waals surface area contributed by atoms with Gasteiger partial charge < -0.3 is 15.5 Å². The summed E-state index contributed by atoms with van der Waals surface area (Å²) >= 11 is 3.55. The van der Waals surface area contributed by atoms with Crippen molar-refractivity contribution >= 4 is 51.6 Å². The van der Waals surface area contributed by atoms with E-state index in [-0.39, 0.29) is 24.0 Å². The number of benzene rings is 1. The van der Waals surface area contributed by atoms with E-state index in [0.29, 0.717) is 17.9 Å². The molecule has 2 atom stereocenters. The van der Waals surface area contributed by atoms with Crippen LogP contribution >= 0.6 is 39.9 Å². The summed E-state index contributed by atoms with van der Waals surface area (Å²) < 4.78 is 1.14. The SMILES string of the molecule is CN=C(NCC1CCN(c2cccc(Br)c2)C1)NC(C)C(C)C.I. The Labute approximate surface area is 172 Å². The highest BCUT2D eigenvalue weighted by Crippen LogP contribution is 2.25. The quantitative estimate of drug-likeness (QED) is 0.357. The predicted molar refractivity (Wildman–Crippen MR) is 119 cm³/mol. The molecule has 4 nitrogen and oxygen atoms in total. The Bertz CT molecular complexity index is 536. The highest BCUT2D eigenvalue weighted by molar-refractivity contribution is 14.0. The molecule has 0 saturated carbocycles. The third kappa shape index (κ3) is 6.43. The number of hydrogen-bond donors (Lipinski definition) is 2. The van der Waals surface area contributed by atoms with E-state index in [2.05, 4.69) is 81.5 Å². The molecule has 1 aromatic carbocycles. The summed E-state index contributed by atoms with van der Waals surface area (Å²) in [5.41, 5.74) is 1.30. The van der Waals surface area contributed by atoms with Gasteiger partial charge in [0.15, 0.2) is 5.96 Å². The van der Waals surface area contributed by atoms with Gasteiger partial charge in [-0.3, -0.25) is 4.99 Å². The molecule has 1 fully saturated rings. The second-order valence-electron chi connectivity index (χ2n) is 6.71. The standard InChI is InChI=1S/C18H29BrN4.HI/c1-13(2)14(3)22-18(20-4)21-11-15-8-9-23(12-15)17-7-5-6-16(19)10-17;/h5-7,10,13-15H,8-9,11-12H2,1-4H3,(H2,20,21,22);1H. The van der Waals surface area contributed by atoms with Crippen molar-refractivity contribution in [2.45, 2.75) is 33.2 Å². The number of hydrogen-bond acceptors (Lipinski definition) is 2. The number of guanidine groups is 1. The maximum absolute atomic E-state index is 4.33. The lowest BCUT2D eigenvalue weighted by Crippen LogP contribution is -2.45. The fraction of sp³-hybridized carbons (Fsp3) is 0.611. The lowest BCUT2D eigenvalue weighted by Gasteiger charge is -2.22. The molecule has 0 spiro atoms. The van der Waals surface area contributed by atoms with Crippen molar-refractivity contribution < 1.29 is 0 Å². The minimum Gasteiger partial charge on any atom is -0.371 e. The van der Waals surface area contributed by atoms with Gasteiger partial charge in [0.2, 0.25) is 0 Å². The molecule has 136 valence electrons. The van der Waals surface area contributed by atoms with Crippen LogP contribution in [0.3, 0.4) is 0 Å². The van der Waals surface area contributed by atoms with E-state index in [1.807, 2.05) is 7.05 Å². The topological polar surface area (TPSA) is 39.7 Å². The summed E-state index contributed by atoms with van der Waals surface area (Å²) in [5.74, 6) is 2.15. The second kappa shape index (κ2) is 10.5. The lowest BCUT2D eigenvalue weighted by atomic mass is 10.1. The number of rotatable bonds is 5. The minimum atomic E-state index is 0. The molecule has 1 heterocycles. The van der Waals surface area contributed by atoms with E-state index in [1.165, 1.54) is 12.1 Å². The average molecular weight is 509 g/mol. The first-order chi connectivity index (χ1) is 11.0. The number of nitrogens with one attached hydrogen (secondary N) is 2. The van der Waals surface area contributed by atoms with Crippen LogP contribution in [-0.4, -0.2) is 38.7 Å². The molecule has 2 rings (SSSR count). The smallest absolute Gasteiger partial charge is 0.191 e. The molecular formula is C18H30BrIN4. The van der Waals surface area contributed by atoms with E-state index >= 15 is 0 Å². The third-order valence-corrected chi connectivity index (χ3v) is 5.10. The molecule has 0 amide bonds. The van der Waals surface area contributed by atoms with Crippen molar-refractivity contribution in [3.8, 4) is 0 Å². The summed E-state index contributed by atoms with van der Waals surface area (Å²) in [6.45, 7) is 9.82. The molecule has 0 aliphatic carbocycles. The Morgan fingerprint density at radius 3 is 2.75 bits per heavy atom. The predicted octanol–water partition coefficient (Wildman–Crippen LogP) is 4.10. The average Bonchev–Trinajstić information content (AvgIpc) is 3.00. The Morgan fingerprint density at radius 2 is 2.12 bits per heavy atom. The third-order valence-electron chi connectivity index (χ3n) is 4.61.